The largest absolute Gasteiger partial charge is 0.352 e. The van der Waals surface area contributed by atoms with Gasteiger partial charge in [0.25, 0.3) is 0 Å². The summed E-state index contributed by atoms with van der Waals surface area (Å²) in [4.78, 5) is 23.7. The number of hydrogen-bond donors (Lipinski definition) is 1. The lowest BCUT2D eigenvalue weighted by Gasteiger charge is -2.35. The zero-order chi connectivity index (χ0) is 18.6. The van der Waals surface area contributed by atoms with E-state index in [1.165, 1.54) is 32.2 Å². The zero-order valence-electron chi connectivity index (χ0n) is 16.1. The van der Waals surface area contributed by atoms with E-state index in [4.69, 9.17) is 4.98 Å². The molecule has 4 rings (SSSR count). The molecule has 27 heavy (non-hydrogen) atoms. The second-order valence-electron chi connectivity index (χ2n) is 7.92. The number of imidazole rings is 1. The van der Waals surface area contributed by atoms with Crippen LogP contribution < -0.4 is 5.32 Å². The highest BCUT2D eigenvalue weighted by molar-refractivity contribution is 5.78. The summed E-state index contributed by atoms with van der Waals surface area (Å²) in [5.41, 5.74) is 1.87. The molecule has 3 heterocycles. The third kappa shape index (κ3) is 4.38. The van der Waals surface area contributed by atoms with Crippen LogP contribution in [0.1, 0.15) is 55.7 Å². The number of rotatable bonds is 6. The van der Waals surface area contributed by atoms with Crippen molar-refractivity contribution in [2.24, 2.45) is 5.92 Å². The lowest BCUT2D eigenvalue weighted by molar-refractivity contribution is -0.120. The second kappa shape index (κ2) is 8.21. The van der Waals surface area contributed by atoms with Crippen LogP contribution in [0.4, 0.5) is 0 Å². The van der Waals surface area contributed by atoms with Crippen LogP contribution in [0.25, 0.3) is 0 Å². The first-order valence-corrected chi connectivity index (χ1v) is 10.1. The van der Waals surface area contributed by atoms with Crippen LogP contribution in [-0.4, -0.2) is 38.4 Å². The first kappa shape index (κ1) is 18.2. The Labute approximate surface area is 161 Å². The maximum atomic E-state index is 12.3. The Hall–Kier alpha value is -2.21. The van der Waals surface area contributed by atoms with Gasteiger partial charge in [-0.2, -0.15) is 0 Å². The normalized spacial score (nSPS) is 20.6. The molecule has 1 saturated carbocycles. The number of hydrogen-bond acceptors (Lipinski definition) is 4. The Kier molecular flexibility index (Phi) is 5.53. The van der Waals surface area contributed by atoms with E-state index in [0.29, 0.717) is 19.0 Å². The highest BCUT2D eigenvalue weighted by atomic mass is 16.1. The predicted octanol–water partition coefficient (Wildman–Crippen LogP) is 2.70. The SMILES string of the molecule is C[C@H]1c2nc(CC(=O)NCc3cccnc3)cn2CCN1CC1CCCC1. The van der Waals surface area contributed by atoms with Gasteiger partial charge in [0, 0.05) is 44.8 Å². The van der Waals surface area contributed by atoms with Gasteiger partial charge >= 0.3 is 0 Å². The molecule has 1 aliphatic carbocycles. The van der Waals surface area contributed by atoms with Crippen molar-refractivity contribution in [3.8, 4) is 0 Å². The Morgan fingerprint density at radius 2 is 2.15 bits per heavy atom. The monoisotopic (exact) mass is 367 g/mol. The average molecular weight is 367 g/mol. The van der Waals surface area contributed by atoms with E-state index in [-0.39, 0.29) is 5.91 Å². The maximum Gasteiger partial charge on any atom is 0.226 e. The van der Waals surface area contributed by atoms with Gasteiger partial charge < -0.3 is 9.88 Å². The Morgan fingerprint density at radius 1 is 1.30 bits per heavy atom. The van der Waals surface area contributed by atoms with E-state index in [0.717, 1.165) is 36.1 Å². The number of nitrogens with one attached hydrogen (secondary N) is 1. The highest BCUT2D eigenvalue weighted by Gasteiger charge is 2.29. The summed E-state index contributed by atoms with van der Waals surface area (Å²) in [6.45, 7) is 5.99. The lowest BCUT2D eigenvalue weighted by Crippen LogP contribution is -2.39. The smallest absolute Gasteiger partial charge is 0.226 e. The minimum Gasteiger partial charge on any atom is -0.352 e. The van der Waals surface area contributed by atoms with Crippen molar-refractivity contribution in [3.05, 3.63) is 47.8 Å². The molecule has 1 fully saturated rings. The van der Waals surface area contributed by atoms with Crippen LogP contribution in [0.2, 0.25) is 0 Å². The quantitative estimate of drug-likeness (QED) is 0.853. The van der Waals surface area contributed by atoms with Crippen molar-refractivity contribution in [1.29, 1.82) is 0 Å². The molecule has 6 nitrogen and oxygen atoms in total. The lowest BCUT2D eigenvalue weighted by atomic mass is 10.1. The summed E-state index contributed by atoms with van der Waals surface area (Å²) in [5.74, 6) is 1.96. The van der Waals surface area contributed by atoms with Gasteiger partial charge in [-0.25, -0.2) is 4.98 Å². The number of carbonyl (C=O) groups excluding carboxylic acids is 1. The van der Waals surface area contributed by atoms with Crippen molar-refractivity contribution in [2.75, 3.05) is 13.1 Å². The van der Waals surface area contributed by atoms with Crippen molar-refractivity contribution < 1.29 is 4.79 Å². The van der Waals surface area contributed by atoms with E-state index < -0.39 is 0 Å². The van der Waals surface area contributed by atoms with Gasteiger partial charge in [-0.15, -0.1) is 0 Å². The third-order valence-corrected chi connectivity index (χ3v) is 5.93. The van der Waals surface area contributed by atoms with Gasteiger partial charge in [-0.3, -0.25) is 14.7 Å². The standard InChI is InChI=1S/C21H29N5O/c1-16-21-24-19(11-20(27)23-13-18-7-4-8-22-12-18)15-26(21)10-9-25(16)14-17-5-2-3-6-17/h4,7-8,12,15-17H,2-3,5-6,9-11,13-14H2,1H3,(H,23,27)/t16-/m0/s1. The molecule has 6 heteroatoms. The summed E-state index contributed by atoms with van der Waals surface area (Å²) in [6.07, 6.45) is 11.4. The van der Waals surface area contributed by atoms with Crippen molar-refractivity contribution in [2.45, 2.75) is 58.2 Å². The van der Waals surface area contributed by atoms with E-state index in [1.807, 2.05) is 12.1 Å². The average Bonchev–Trinajstić information content (AvgIpc) is 3.33. The molecule has 144 valence electrons. The van der Waals surface area contributed by atoms with Gasteiger partial charge in [0.2, 0.25) is 5.91 Å². The van der Waals surface area contributed by atoms with Gasteiger partial charge in [0.15, 0.2) is 0 Å². The van der Waals surface area contributed by atoms with Crippen LogP contribution in [0.15, 0.2) is 30.7 Å². The molecule has 1 amide bonds. The van der Waals surface area contributed by atoms with Crippen molar-refractivity contribution in [1.82, 2.24) is 24.8 Å². The predicted molar refractivity (Wildman–Crippen MR) is 104 cm³/mol. The Morgan fingerprint density at radius 3 is 2.93 bits per heavy atom. The molecule has 2 aromatic heterocycles. The van der Waals surface area contributed by atoms with E-state index in [9.17, 15) is 4.79 Å². The molecule has 0 spiro atoms. The zero-order valence-corrected chi connectivity index (χ0v) is 16.1. The number of nitrogens with zero attached hydrogens (tertiary/aromatic N) is 4. The number of amides is 1. The molecule has 0 radical (unpaired) electrons. The molecular formula is C21H29N5O. The van der Waals surface area contributed by atoms with Crippen LogP contribution >= 0.6 is 0 Å². The highest BCUT2D eigenvalue weighted by Crippen LogP contribution is 2.30. The summed E-state index contributed by atoms with van der Waals surface area (Å²) < 4.78 is 2.24. The number of pyridine rings is 1. The summed E-state index contributed by atoms with van der Waals surface area (Å²) in [7, 11) is 0. The molecule has 2 aliphatic rings. The molecule has 0 bridgehead atoms. The summed E-state index contributed by atoms with van der Waals surface area (Å²) in [6, 6.07) is 4.17. The molecule has 0 aromatic carbocycles. The Bertz CT molecular complexity index is 766. The topological polar surface area (TPSA) is 63.1 Å². The van der Waals surface area contributed by atoms with Gasteiger partial charge in [-0.05, 0) is 37.3 Å². The minimum atomic E-state index is 0.00441. The van der Waals surface area contributed by atoms with Gasteiger partial charge in [-0.1, -0.05) is 18.9 Å². The fraction of sp³-hybridized carbons (Fsp3) is 0.571. The van der Waals surface area contributed by atoms with Gasteiger partial charge in [0.1, 0.15) is 5.82 Å². The third-order valence-electron chi connectivity index (χ3n) is 5.93. The van der Waals surface area contributed by atoms with Crippen LogP contribution in [0.3, 0.4) is 0 Å². The summed E-state index contributed by atoms with van der Waals surface area (Å²) >= 11 is 0. The number of fused-ring (bicyclic) bond motifs is 1. The molecule has 1 N–H and O–H groups in total. The fourth-order valence-electron chi connectivity index (χ4n) is 4.38. The van der Waals surface area contributed by atoms with E-state index >= 15 is 0 Å². The van der Waals surface area contributed by atoms with Gasteiger partial charge in [0.05, 0.1) is 18.2 Å². The molecular weight excluding hydrogens is 338 g/mol. The number of aromatic nitrogens is 3. The second-order valence-corrected chi connectivity index (χ2v) is 7.92. The maximum absolute atomic E-state index is 12.3. The minimum absolute atomic E-state index is 0.00441. The fourth-order valence-corrected chi connectivity index (χ4v) is 4.38. The van der Waals surface area contributed by atoms with Crippen molar-refractivity contribution in [3.63, 3.8) is 0 Å². The first-order chi connectivity index (χ1) is 13.2. The molecule has 1 atom stereocenters. The van der Waals surface area contributed by atoms with Crippen LogP contribution in [-0.2, 0) is 24.3 Å². The molecule has 0 unspecified atom stereocenters. The van der Waals surface area contributed by atoms with Crippen molar-refractivity contribution >= 4 is 5.91 Å². The summed E-state index contributed by atoms with van der Waals surface area (Å²) in [5, 5.41) is 2.96. The molecule has 0 saturated heterocycles. The van der Waals surface area contributed by atoms with E-state index in [1.54, 1.807) is 12.4 Å². The number of carbonyl (C=O) groups is 1. The van der Waals surface area contributed by atoms with E-state index in [2.05, 4.69) is 32.9 Å². The molecule has 2 aromatic rings. The van der Waals surface area contributed by atoms with Crippen LogP contribution in [0.5, 0.6) is 0 Å². The van der Waals surface area contributed by atoms with Crippen LogP contribution in [0, 0.1) is 5.92 Å². The first-order valence-electron chi connectivity index (χ1n) is 10.1. The Balaban J connectivity index is 1.34. The molecule has 1 aliphatic heterocycles.